The van der Waals surface area contributed by atoms with Crippen molar-refractivity contribution in [3.8, 4) is 33.6 Å². The SMILES string of the molecule is COc1ccc(-c2nnc(SCc3noc(-c4cccs4)n3)n2-c2ccccc2)cc1. The molecule has 0 saturated heterocycles. The van der Waals surface area contributed by atoms with Gasteiger partial charge in [-0.15, -0.1) is 21.5 Å². The second-order valence-corrected chi connectivity index (χ2v) is 8.38. The van der Waals surface area contributed by atoms with E-state index in [2.05, 4.69) is 20.3 Å². The molecule has 0 atom stereocenters. The van der Waals surface area contributed by atoms with Gasteiger partial charge in [0, 0.05) is 11.3 Å². The molecule has 0 radical (unpaired) electrons. The first kappa shape index (κ1) is 19.5. The summed E-state index contributed by atoms with van der Waals surface area (Å²) >= 11 is 3.08. The summed E-state index contributed by atoms with van der Waals surface area (Å²) in [6.45, 7) is 0. The number of aromatic nitrogens is 5. The van der Waals surface area contributed by atoms with E-state index in [0.29, 0.717) is 17.5 Å². The molecule has 7 nitrogen and oxygen atoms in total. The van der Waals surface area contributed by atoms with Gasteiger partial charge in [-0.25, -0.2) is 0 Å². The van der Waals surface area contributed by atoms with E-state index >= 15 is 0 Å². The van der Waals surface area contributed by atoms with Crippen molar-refractivity contribution in [1.29, 1.82) is 0 Å². The number of para-hydroxylation sites is 1. The first-order valence-corrected chi connectivity index (χ1v) is 11.3. The highest BCUT2D eigenvalue weighted by Gasteiger charge is 2.18. The van der Waals surface area contributed by atoms with Crippen molar-refractivity contribution in [1.82, 2.24) is 24.9 Å². The monoisotopic (exact) mass is 447 g/mol. The fraction of sp³-hybridized carbons (Fsp3) is 0.0909. The molecule has 0 bridgehead atoms. The highest BCUT2D eigenvalue weighted by Crippen LogP contribution is 2.31. The lowest BCUT2D eigenvalue weighted by molar-refractivity contribution is 0.415. The third-order valence-electron chi connectivity index (χ3n) is 4.53. The van der Waals surface area contributed by atoms with Crippen LogP contribution in [-0.4, -0.2) is 32.0 Å². The van der Waals surface area contributed by atoms with Gasteiger partial charge in [-0.05, 0) is 47.8 Å². The minimum atomic E-state index is 0.516. The van der Waals surface area contributed by atoms with E-state index in [1.807, 2.05) is 76.7 Å². The standard InChI is InChI=1S/C22H17N5O2S2/c1-28-17-11-9-15(10-12-17)20-24-25-22(27(20)16-6-3-2-4-7-16)31-14-19-23-21(29-26-19)18-8-5-13-30-18/h2-13H,14H2,1H3. The Morgan fingerprint density at radius 1 is 1.00 bits per heavy atom. The van der Waals surface area contributed by atoms with E-state index in [4.69, 9.17) is 9.26 Å². The number of ether oxygens (including phenoxy) is 1. The lowest BCUT2D eigenvalue weighted by atomic mass is 10.2. The molecule has 0 spiro atoms. The van der Waals surface area contributed by atoms with Crippen LogP contribution in [0.2, 0.25) is 0 Å². The number of hydrogen-bond donors (Lipinski definition) is 0. The molecule has 154 valence electrons. The Morgan fingerprint density at radius 3 is 2.58 bits per heavy atom. The molecule has 5 aromatic rings. The predicted octanol–water partition coefficient (Wildman–Crippen LogP) is 5.35. The summed E-state index contributed by atoms with van der Waals surface area (Å²) < 4.78 is 12.7. The van der Waals surface area contributed by atoms with Gasteiger partial charge >= 0.3 is 0 Å². The molecule has 5 rings (SSSR count). The van der Waals surface area contributed by atoms with Crippen molar-refractivity contribution in [2.24, 2.45) is 0 Å². The van der Waals surface area contributed by atoms with E-state index < -0.39 is 0 Å². The summed E-state index contributed by atoms with van der Waals surface area (Å²) in [6.07, 6.45) is 0. The van der Waals surface area contributed by atoms with Crippen LogP contribution in [0.15, 0.2) is 81.8 Å². The molecule has 2 aromatic carbocycles. The van der Waals surface area contributed by atoms with Gasteiger partial charge in [0.25, 0.3) is 5.89 Å². The van der Waals surface area contributed by atoms with E-state index in [-0.39, 0.29) is 0 Å². The van der Waals surface area contributed by atoms with Crippen LogP contribution in [-0.2, 0) is 5.75 Å². The summed E-state index contributed by atoms with van der Waals surface area (Å²) in [5.41, 5.74) is 1.93. The molecule has 0 amide bonds. The summed E-state index contributed by atoms with van der Waals surface area (Å²) in [5.74, 6) is 3.21. The molecule has 9 heteroatoms. The van der Waals surface area contributed by atoms with Gasteiger partial charge in [-0.2, -0.15) is 4.98 Å². The van der Waals surface area contributed by atoms with Crippen molar-refractivity contribution in [3.63, 3.8) is 0 Å². The van der Waals surface area contributed by atoms with E-state index in [1.54, 1.807) is 18.4 Å². The lowest BCUT2D eigenvalue weighted by Gasteiger charge is -2.10. The van der Waals surface area contributed by atoms with Gasteiger partial charge in [-0.3, -0.25) is 4.57 Å². The van der Waals surface area contributed by atoms with Crippen molar-refractivity contribution in [2.45, 2.75) is 10.9 Å². The largest absolute Gasteiger partial charge is 0.497 e. The second kappa shape index (κ2) is 8.75. The van der Waals surface area contributed by atoms with Gasteiger partial charge < -0.3 is 9.26 Å². The molecule has 0 aliphatic heterocycles. The van der Waals surface area contributed by atoms with Crippen molar-refractivity contribution in [2.75, 3.05) is 7.11 Å². The molecule has 0 aliphatic carbocycles. The fourth-order valence-electron chi connectivity index (χ4n) is 3.04. The van der Waals surface area contributed by atoms with Crippen LogP contribution in [0, 0.1) is 0 Å². The van der Waals surface area contributed by atoms with Gasteiger partial charge in [0.05, 0.1) is 17.7 Å². The van der Waals surface area contributed by atoms with Gasteiger partial charge in [0.2, 0.25) is 0 Å². The van der Waals surface area contributed by atoms with E-state index in [1.165, 1.54) is 11.8 Å². The minimum absolute atomic E-state index is 0.516. The van der Waals surface area contributed by atoms with Crippen LogP contribution in [0.5, 0.6) is 5.75 Å². The number of thiophene rings is 1. The zero-order chi connectivity index (χ0) is 21.0. The maximum atomic E-state index is 5.39. The van der Waals surface area contributed by atoms with Crippen molar-refractivity contribution >= 4 is 23.1 Å². The second-order valence-electron chi connectivity index (χ2n) is 6.49. The smallest absolute Gasteiger partial charge is 0.268 e. The van der Waals surface area contributed by atoms with E-state index in [0.717, 1.165) is 32.9 Å². The highest BCUT2D eigenvalue weighted by molar-refractivity contribution is 7.98. The lowest BCUT2D eigenvalue weighted by Crippen LogP contribution is -2.00. The normalized spacial score (nSPS) is 11.0. The number of thioether (sulfide) groups is 1. The van der Waals surface area contributed by atoms with Gasteiger partial charge in [0.1, 0.15) is 5.75 Å². The zero-order valence-electron chi connectivity index (χ0n) is 16.5. The molecule has 31 heavy (non-hydrogen) atoms. The van der Waals surface area contributed by atoms with Crippen LogP contribution < -0.4 is 4.74 Å². The average molecular weight is 448 g/mol. The third kappa shape index (κ3) is 4.10. The van der Waals surface area contributed by atoms with Gasteiger partial charge in [-0.1, -0.05) is 41.2 Å². The topological polar surface area (TPSA) is 78.9 Å². The predicted molar refractivity (Wildman–Crippen MR) is 121 cm³/mol. The Hall–Kier alpha value is -3.43. The quantitative estimate of drug-likeness (QED) is 0.311. The van der Waals surface area contributed by atoms with Gasteiger partial charge in [0.15, 0.2) is 16.8 Å². The Bertz CT molecular complexity index is 1270. The number of rotatable bonds is 7. The first-order chi connectivity index (χ1) is 15.3. The van der Waals surface area contributed by atoms with E-state index in [9.17, 15) is 0 Å². The first-order valence-electron chi connectivity index (χ1n) is 9.46. The Labute approximate surface area is 186 Å². The molecule has 3 aromatic heterocycles. The molecular weight excluding hydrogens is 430 g/mol. The molecule has 0 aliphatic rings. The van der Waals surface area contributed by atoms with Crippen molar-refractivity contribution in [3.05, 3.63) is 77.9 Å². The summed E-state index contributed by atoms with van der Waals surface area (Å²) in [7, 11) is 1.65. The number of nitrogens with zero attached hydrogens (tertiary/aromatic N) is 5. The Balaban J connectivity index is 1.45. The number of hydrogen-bond acceptors (Lipinski definition) is 8. The zero-order valence-corrected chi connectivity index (χ0v) is 18.1. The maximum Gasteiger partial charge on any atom is 0.268 e. The third-order valence-corrected chi connectivity index (χ3v) is 6.31. The molecule has 0 fully saturated rings. The van der Waals surface area contributed by atoms with Crippen molar-refractivity contribution < 1.29 is 9.26 Å². The molecule has 0 N–H and O–H groups in total. The van der Waals surface area contributed by atoms with Crippen LogP contribution >= 0.6 is 23.1 Å². The summed E-state index contributed by atoms with van der Waals surface area (Å²) in [5, 5.41) is 15.7. The number of methoxy groups -OCH3 is 1. The minimum Gasteiger partial charge on any atom is -0.497 e. The Kier molecular flexibility index (Phi) is 5.51. The van der Waals surface area contributed by atoms with Crippen LogP contribution in [0.1, 0.15) is 5.82 Å². The number of benzene rings is 2. The highest BCUT2D eigenvalue weighted by atomic mass is 32.2. The molecule has 0 unspecified atom stereocenters. The fourth-order valence-corrected chi connectivity index (χ4v) is 4.48. The average Bonchev–Trinajstić information content (AvgIpc) is 3.59. The van der Waals surface area contributed by atoms with Crippen LogP contribution in [0.3, 0.4) is 0 Å². The molecular formula is C22H17N5O2S2. The summed E-state index contributed by atoms with van der Waals surface area (Å²) in [4.78, 5) is 5.45. The van der Waals surface area contributed by atoms with Crippen LogP contribution in [0.4, 0.5) is 0 Å². The molecule has 0 saturated carbocycles. The molecule has 3 heterocycles. The summed E-state index contributed by atoms with van der Waals surface area (Å²) in [6, 6.07) is 21.7. The Morgan fingerprint density at radius 2 is 1.84 bits per heavy atom. The van der Waals surface area contributed by atoms with Crippen LogP contribution in [0.25, 0.3) is 27.8 Å². The maximum absolute atomic E-state index is 5.39.